The van der Waals surface area contributed by atoms with Gasteiger partial charge in [0, 0.05) is 5.56 Å². The molecule has 9 heteroatoms. The van der Waals surface area contributed by atoms with Crippen molar-refractivity contribution < 1.29 is 33.3 Å². The van der Waals surface area contributed by atoms with Crippen LogP contribution >= 0.6 is 0 Å². The van der Waals surface area contributed by atoms with Gasteiger partial charge in [-0.2, -0.15) is 0 Å². The Labute approximate surface area is 202 Å². The van der Waals surface area contributed by atoms with Crippen molar-refractivity contribution in [2.45, 2.75) is 6.92 Å². The number of hydrogen-bond acceptors (Lipinski definition) is 7. The number of esters is 1. The Morgan fingerprint density at radius 2 is 1.20 bits per heavy atom. The fourth-order valence-electron chi connectivity index (χ4n) is 2.82. The van der Waals surface area contributed by atoms with E-state index in [9.17, 15) is 14.4 Å². The lowest BCUT2D eigenvalue weighted by molar-refractivity contribution is -0.123. The second-order valence-electron chi connectivity index (χ2n) is 7.07. The van der Waals surface area contributed by atoms with Crippen LogP contribution in [-0.4, -0.2) is 44.2 Å². The number of carbonyl (C=O) groups excluding carboxylic acids is 3. The monoisotopic (exact) mass is 478 g/mol. The van der Waals surface area contributed by atoms with Crippen LogP contribution in [0.5, 0.6) is 17.2 Å². The molecule has 0 atom stereocenters. The van der Waals surface area contributed by atoms with Crippen LogP contribution in [0.15, 0.2) is 78.9 Å². The molecule has 0 fully saturated rings. The summed E-state index contributed by atoms with van der Waals surface area (Å²) in [6.45, 7) is 2.42. The van der Waals surface area contributed by atoms with Crippen molar-refractivity contribution >= 4 is 17.8 Å². The average molecular weight is 479 g/mol. The molecule has 9 nitrogen and oxygen atoms in total. The SMILES string of the molecule is CCOC(=O)c1ccc(OCC(=O)NNC(=O)c2ccc(OCCOc3ccccc3)cc2)cc1. The van der Waals surface area contributed by atoms with Gasteiger partial charge in [0.25, 0.3) is 11.8 Å². The van der Waals surface area contributed by atoms with Crippen molar-refractivity contribution in [2.24, 2.45) is 0 Å². The van der Waals surface area contributed by atoms with Gasteiger partial charge >= 0.3 is 5.97 Å². The molecule has 0 saturated carbocycles. The molecular formula is C26H26N2O7. The normalized spacial score (nSPS) is 10.1. The highest BCUT2D eigenvalue weighted by molar-refractivity contribution is 5.95. The molecule has 0 unspecified atom stereocenters. The molecule has 0 radical (unpaired) electrons. The third kappa shape index (κ3) is 8.39. The molecular weight excluding hydrogens is 452 g/mol. The summed E-state index contributed by atoms with van der Waals surface area (Å²) in [7, 11) is 0. The van der Waals surface area contributed by atoms with E-state index in [-0.39, 0.29) is 13.2 Å². The summed E-state index contributed by atoms with van der Waals surface area (Å²) in [6.07, 6.45) is 0. The number of para-hydroxylation sites is 1. The maximum atomic E-state index is 12.2. The molecule has 0 aliphatic carbocycles. The first-order valence-corrected chi connectivity index (χ1v) is 10.9. The fourth-order valence-corrected chi connectivity index (χ4v) is 2.82. The first-order chi connectivity index (χ1) is 17.0. The molecule has 182 valence electrons. The minimum Gasteiger partial charge on any atom is -0.490 e. The molecule has 2 amide bonds. The second kappa shape index (κ2) is 13.2. The van der Waals surface area contributed by atoms with E-state index in [0.29, 0.717) is 35.8 Å². The van der Waals surface area contributed by atoms with Gasteiger partial charge in [-0.05, 0) is 67.6 Å². The molecule has 0 heterocycles. The van der Waals surface area contributed by atoms with Crippen LogP contribution in [-0.2, 0) is 9.53 Å². The van der Waals surface area contributed by atoms with Crippen molar-refractivity contribution in [3.8, 4) is 17.2 Å². The zero-order valence-corrected chi connectivity index (χ0v) is 19.2. The van der Waals surface area contributed by atoms with Crippen molar-refractivity contribution in [1.29, 1.82) is 0 Å². The molecule has 0 saturated heterocycles. The number of nitrogens with one attached hydrogen (secondary N) is 2. The van der Waals surface area contributed by atoms with Crippen LogP contribution in [0, 0.1) is 0 Å². The summed E-state index contributed by atoms with van der Waals surface area (Å²) in [5.41, 5.74) is 5.33. The van der Waals surface area contributed by atoms with Crippen molar-refractivity contribution in [1.82, 2.24) is 10.9 Å². The van der Waals surface area contributed by atoms with Crippen LogP contribution < -0.4 is 25.1 Å². The molecule has 0 bridgehead atoms. The molecule has 3 aromatic carbocycles. The number of benzene rings is 3. The smallest absolute Gasteiger partial charge is 0.338 e. The summed E-state index contributed by atoms with van der Waals surface area (Å²) in [5.74, 6) is 0.273. The summed E-state index contributed by atoms with van der Waals surface area (Å²) in [6, 6.07) is 22.1. The Morgan fingerprint density at radius 1 is 0.657 bits per heavy atom. The Bertz CT molecular complexity index is 1100. The summed E-state index contributed by atoms with van der Waals surface area (Å²) in [4.78, 5) is 35.8. The van der Waals surface area contributed by atoms with Gasteiger partial charge in [-0.15, -0.1) is 0 Å². The van der Waals surface area contributed by atoms with Gasteiger partial charge in [0.1, 0.15) is 30.5 Å². The number of hydrogen-bond donors (Lipinski definition) is 2. The van der Waals surface area contributed by atoms with Crippen molar-refractivity contribution in [3.05, 3.63) is 90.0 Å². The largest absolute Gasteiger partial charge is 0.490 e. The lowest BCUT2D eigenvalue weighted by Gasteiger charge is -2.10. The highest BCUT2D eigenvalue weighted by Gasteiger charge is 2.10. The van der Waals surface area contributed by atoms with Gasteiger partial charge in [0.05, 0.1) is 12.2 Å². The number of rotatable bonds is 11. The average Bonchev–Trinajstić information content (AvgIpc) is 2.90. The molecule has 0 spiro atoms. The zero-order chi connectivity index (χ0) is 24.9. The van der Waals surface area contributed by atoms with Crippen LogP contribution in [0.25, 0.3) is 0 Å². The predicted octanol–water partition coefficient (Wildman–Crippen LogP) is 3.16. The highest BCUT2D eigenvalue weighted by Crippen LogP contribution is 2.14. The Balaban J connectivity index is 1.34. The Kier molecular flexibility index (Phi) is 9.50. The van der Waals surface area contributed by atoms with Gasteiger partial charge in [-0.25, -0.2) is 4.79 Å². The van der Waals surface area contributed by atoms with Crippen LogP contribution in [0.4, 0.5) is 0 Å². The minimum atomic E-state index is -0.550. The molecule has 0 aliphatic heterocycles. The first-order valence-electron chi connectivity index (χ1n) is 10.9. The summed E-state index contributed by atoms with van der Waals surface area (Å²) < 4.78 is 21.4. The van der Waals surface area contributed by atoms with Crippen LogP contribution in [0.3, 0.4) is 0 Å². The minimum absolute atomic E-state index is 0.283. The van der Waals surface area contributed by atoms with Crippen LogP contribution in [0.1, 0.15) is 27.6 Å². The number of carbonyl (C=O) groups is 3. The molecule has 35 heavy (non-hydrogen) atoms. The van der Waals surface area contributed by atoms with Gasteiger partial charge in [0.2, 0.25) is 0 Å². The Morgan fingerprint density at radius 3 is 1.80 bits per heavy atom. The molecule has 3 aromatic rings. The molecule has 2 N–H and O–H groups in total. The van der Waals surface area contributed by atoms with Crippen molar-refractivity contribution in [3.63, 3.8) is 0 Å². The third-order valence-electron chi connectivity index (χ3n) is 4.53. The van der Waals surface area contributed by atoms with E-state index in [0.717, 1.165) is 5.75 Å². The quantitative estimate of drug-likeness (QED) is 0.247. The van der Waals surface area contributed by atoms with Gasteiger partial charge in [0.15, 0.2) is 6.61 Å². The summed E-state index contributed by atoms with van der Waals surface area (Å²) in [5, 5.41) is 0. The maximum Gasteiger partial charge on any atom is 0.338 e. The maximum absolute atomic E-state index is 12.2. The lowest BCUT2D eigenvalue weighted by atomic mass is 10.2. The number of amides is 2. The van der Waals surface area contributed by atoms with E-state index in [1.807, 2.05) is 30.3 Å². The number of hydrazine groups is 1. The van der Waals surface area contributed by atoms with Gasteiger partial charge in [-0.1, -0.05) is 18.2 Å². The van der Waals surface area contributed by atoms with E-state index in [1.54, 1.807) is 43.3 Å². The topological polar surface area (TPSA) is 112 Å². The standard InChI is InChI=1S/C26H26N2O7/c1-2-32-26(31)20-10-14-23(15-11-20)35-18-24(29)27-28-25(30)19-8-12-22(13-9-19)34-17-16-33-21-6-4-3-5-7-21/h3-15H,2,16-18H2,1H3,(H,27,29)(H,28,30). The van der Waals surface area contributed by atoms with Crippen LogP contribution in [0.2, 0.25) is 0 Å². The fraction of sp³-hybridized carbons (Fsp3) is 0.192. The van der Waals surface area contributed by atoms with E-state index in [4.69, 9.17) is 18.9 Å². The number of ether oxygens (including phenoxy) is 4. The lowest BCUT2D eigenvalue weighted by Crippen LogP contribution is -2.43. The molecule has 0 aromatic heterocycles. The third-order valence-corrected chi connectivity index (χ3v) is 4.53. The zero-order valence-electron chi connectivity index (χ0n) is 19.2. The predicted molar refractivity (Wildman–Crippen MR) is 127 cm³/mol. The van der Waals surface area contributed by atoms with E-state index < -0.39 is 17.8 Å². The van der Waals surface area contributed by atoms with E-state index >= 15 is 0 Å². The van der Waals surface area contributed by atoms with Gasteiger partial charge < -0.3 is 18.9 Å². The van der Waals surface area contributed by atoms with E-state index in [1.165, 1.54) is 12.1 Å². The summed E-state index contributed by atoms with van der Waals surface area (Å²) >= 11 is 0. The highest BCUT2D eigenvalue weighted by atomic mass is 16.5. The van der Waals surface area contributed by atoms with Crippen molar-refractivity contribution in [2.75, 3.05) is 26.4 Å². The Hall–Kier alpha value is -4.53. The second-order valence-corrected chi connectivity index (χ2v) is 7.07. The van der Waals surface area contributed by atoms with Gasteiger partial charge in [-0.3, -0.25) is 20.4 Å². The van der Waals surface area contributed by atoms with E-state index in [2.05, 4.69) is 10.9 Å². The first kappa shape index (κ1) is 25.1. The molecule has 3 rings (SSSR count). The molecule has 0 aliphatic rings.